The van der Waals surface area contributed by atoms with E-state index in [9.17, 15) is 8.42 Å². The van der Waals surface area contributed by atoms with Crippen molar-refractivity contribution in [3.8, 4) is 0 Å². The lowest BCUT2D eigenvalue weighted by atomic mass is 10.2. The van der Waals surface area contributed by atoms with Gasteiger partial charge in [-0.05, 0) is 44.0 Å². The van der Waals surface area contributed by atoms with Gasteiger partial charge in [-0.25, -0.2) is 8.42 Å². The van der Waals surface area contributed by atoms with Crippen LogP contribution in [0.25, 0.3) is 0 Å². The Kier molecular flexibility index (Phi) is 4.75. The standard InChI is InChI=1S/C16H20N2O2S/c1-13(2)18(12-15-8-6-10-17-11-15)21(19,20)16-9-5-4-7-14(16)3/h4-11,13H,12H2,1-3H3. The maximum Gasteiger partial charge on any atom is 0.243 e. The maximum atomic E-state index is 12.9. The second kappa shape index (κ2) is 6.37. The van der Waals surface area contributed by atoms with Crippen LogP contribution in [0.4, 0.5) is 0 Å². The highest BCUT2D eigenvalue weighted by molar-refractivity contribution is 7.89. The fourth-order valence-electron chi connectivity index (χ4n) is 2.19. The van der Waals surface area contributed by atoms with Gasteiger partial charge in [0.15, 0.2) is 0 Å². The molecule has 1 heterocycles. The number of aryl methyl sites for hydroxylation is 1. The Morgan fingerprint density at radius 1 is 1.14 bits per heavy atom. The largest absolute Gasteiger partial charge is 0.264 e. The third-order valence-electron chi connectivity index (χ3n) is 3.32. The molecule has 0 N–H and O–H groups in total. The van der Waals surface area contributed by atoms with Crippen LogP contribution in [0.1, 0.15) is 25.0 Å². The molecule has 0 aliphatic heterocycles. The van der Waals surface area contributed by atoms with Gasteiger partial charge in [0.25, 0.3) is 0 Å². The minimum atomic E-state index is -3.52. The van der Waals surface area contributed by atoms with Crippen molar-refractivity contribution in [1.29, 1.82) is 0 Å². The number of sulfonamides is 1. The molecule has 4 nitrogen and oxygen atoms in total. The number of benzene rings is 1. The molecule has 0 amide bonds. The van der Waals surface area contributed by atoms with Crippen LogP contribution in [0.15, 0.2) is 53.7 Å². The van der Waals surface area contributed by atoms with Gasteiger partial charge in [-0.15, -0.1) is 0 Å². The fraction of sp³-hybridized carbons (Fsp3) is 0.312. The molecule has 5 heteroatoms. The average molecular weight is 304 g/mol. The minimum absolute atomic E-state index is 0.130. The van der Waals surface area contributed by atoms with E-state index >= 15 is 0 Å². The molecule has 0 bridgehead atoms. The predicted molar refractivity (Wildman–Crippen MR) is 83.3 cm³/mol. The number of aromatic nitrogens is 1. The van der Waals surface area contributed by atoms with Gasteiger partial charge in [0, 0.05) is 25.0 Å². The maximum absolute atomic E-state index is 12.9. The number of hydrogen-bond acceptors (Lipinski definition) is 3. The van der Waals surface area contributed by atoms with E-state index in [4.69, 9.17) is 0 Å². The van der Waals surface area contributed by atoms with Crippen LogP contribution in [0.2, 0.25) is 0 Å². The van der Waals surface area contributed by atoms with Crippen LogP contribution in [0, 0.1) is 6.92 Å². The predicted octanol–water partition coefficient (Wildman–Crippen LogP) is 2.99. The van der Waals surface area contributed by atoms with Crippen LogP contribution >= 0.6 is 0 Å². The van der Waals surface area contributed by atoms with Crippen molar-refractivity contribution in [3.05, 3.63) is 59.9 Å². The number of pyridine rings is 1. The molecule has 0 spiro atoms. The topological polar surface area (TPSA) is 50.3 Å². The van der Waals surface area contributed by atoms with Crippen molar-refractivity contribution in [3.63, 3.8) is 0 Å². The molecule has 0 saturated heterocycles. The lowest BCUT2D eigenvalue weighted by Crippen LogP contribution is -2.36. The zero-order chi connectivity index (χ0) is 15.5. The van der Waals surface area contributed by atoms with Gasteiger partial charge in [0.1, 0.15) is 0 Å². The fourth-order valence-corrected chi connectivity index (χ4v) is 4.04. The van der Waals surface area contributed by atoms with Crippen molar-refractivity contribution in [1.82, 2.24) is 9.29 Å². The average Bonchev–Trinajstić information content (AvgIpc) is 2.45. The van der Waals surface area contributed by atoms with Crippen molar-refractivity contribution < 1.29 is 8.42 Å². The first-order chi connectivity index (χ1) is 9.93. The van der Waals surface area contributed by atoms with E-state index in [0.29, 0.717) is 11.4 Å². The van der Waals surface area contributed by atoms with E-state index in [1.165, 1.54) is 4.31 Å². The van der Waals surface area contributed by atoms with E-state index in [-0.39, 0.29) is 6.04 Å². The van der Waals surface area contributed by atoms with E-state index < -0.39 is 10.0 Å². The first-order valence-electron chi connectivity index (χ1n) is 6.89. The van der Waals surface area contributed by atoms with Crippen molar-refractivity contribution in [2.45, 2.75) is 38.3 Å². The highest BCUT2D eigenvalue weighted by Crippen LogP contribution is 2.23. The van der Waals surface area contributed by atoms with Crippen LogP contribution in [-0.2, 0) is 16.6 Å². The minimum Gasteiger partial charge on any atom is -0.264 e. The Morgan fingerprint density at radius 2 is 1.86 bits per heavy atom. The molecule has 2 aromatic rings. The summed E-state index contributed by atoms with van der Waals surface area (Å²) >= 11 is 0. The van der Waals surface area contributed by atoms with Crippen molar-refractivity contribution in [2.75, 3.05) is 0 Å². The third kappa shape index (κ3) is 3.49. The third-order valence-corrected chi connectivity index (χ3v) is 5.50. The molecule has 112 valence electrons. The quantitative estimate of drug-likeness (QED) is 0.853. The summed E-state index contributed by atoms with van der Waals surface area (Å²) in [5.74, 6) is 0. The first kappa shape index (κ1) is 15.7. The monoisotopic (exact) mass is 304 g/mol. The Bertz CT molecular complexity index is 697. The highest BCUT2D eigenvalue weighted by atomic mass is 32.2. The van der Waals surface area contributed by atoms with Crippen LogP contribution in [-0.4, -0.2) is 23.7 Å². The number of hydrogen-bond donors (Lipinski definition) is 0. The summed E-state index contributed by atoms with van der Waals surface area (Å²) in [5.41, 5.74) is 1.64. The summed E-state index contributed by atoms with van der Waals surface area (Å²) in [6.45, 7) is 5.90. The Hall–Kier alpha value is -1.72. The summed E-state index contributed by atoms with van der Waals surface area (Å²) in [6, 6.07) is 10.6. The van der Waals surface area contributed by atoms with E-state index in [2.05, 4.69) is 4.98 Å². The van der Waals surface area contributed by atoms with Crippen molar-refractivity contribution >= 4 is 10.0 Å². The molecule has 21 heavy (non-hydrogen) atoms. The lowest BCUT2D eigenvalue weighted by Gasteiger charge is -2.26. The molecule has 0 aliphatic carbocycles. The Labute approximate surface area is 126 Å². The lowest BCUT2D eigenvalue weighted by molar-refractivity contribution is 0.347. The molecule has 0 aliphatic rings. The smallest absolute Gasteiger partial charge is 0.243 e. The summed E-state index contributed by atoms with van der Waals surface area (Å²) in [4.78, 5) is 4.41. The molecule has 0 unspecified atom stereocenters. The SMILES string of the molecule is Cc1ccccc1S(=O)(=O)N(Cc1cccnc1)C(C)C. The Morgan fingerprint density at radius 3 is 2.43 bits per heavy atom. The number of nitrogens with zero attached hydrogens (tertiary/aromatic N) is 2. The van der Waals surface area contributed by atoms with Gasteiger partial charge in [0.05, 0.1) is 4.90 Å². The second-order valence-electron chi connectivity index (χ2n) is 5.27. The number of rotatable bonds is 5. The normalized spacial score (nSPS) is 12.0. The Balaban J connectivity index is 2.40. The molecule has 0 saturated carbocycles. The molecule has 0 atom stereocenters. The van der Waals surface area contributed by atoms with Gasteiger partial charge >= 0.3 is 0 Å². The van der Waals surface area contributed by atoms with Gasteiger partial charge in [-0.2, -0.15) is 4.31 Å². The molecular formula is C16H20N2O2S. The van der Waals surface area contributed by atoms with Gasteiger partial charge in [-0.1, -0.05) is 24.3 Å². The van der Waals surface area contributed by atoms with Gasteiger partial charge in [-0.3, -0.25) is 4.98 Å². The molecular weight excluding hydrogens is 284 g/mol. The summed E-state index contributed by atoms with van der Waals surface area (Å²) in [5, 5.41) is 0. The zero-order valence-corrected chi connectivity index (χ0v) is 13.3. The summed E-state index contributed by atoms with van der Waals surface area (Å²) in [7, 11) is -3.52. The highest BCUT2D eigenvalue weighted by Gasteiger charge is 2.28. The van der Waals surface area contributed by atoms with Crippen molar-refractivity contribution in [2.24, 2.45) is 0 Å². The summed E-state index contributed by atoms with van der Waals surface area (Å²) < 4.78 is 27.3. The zero-order valence-electron chi connectivity index (χ0n) is 12.5. The second-order valence-corrected chi connectivity index (χ2v) is 7.13. The van der Waals surface area contributed by atoms with Crippen LogP contribution < -0.4 is 0 Å². The molecule has 0 fully saturated rings. The molecule has 2 rings (SSSR count). The molecule has 1 aromatic carbocycles. The molecule has 1 aromatic heterocycles. The van der Waals surface area contributed by atoms with Crippen LogP contribution in [0.3, 0.4) is 0 Å². The summed E-state index contributed by atoms with van der Waals surface area (Å²) in [6.07, 6.45) is 3.38. The van der Waals surface area contributed by atoms with E-state index in [1.54, 1.807) is 24.5 Å². The van der Waals surface area contributed by atoms with Crippen LogP contribution in [0.5, 0.6) is 0 Å². The van der Waals surface area contributed by atoms with Gasteiger partial charge < -0.3 is 0 Å². The van der Waals surface area contributed by atoms with E-state index in [1.807, 2.05) is 45.0 Å². The molecule has 0 radical (unpaired) electrons. The first-order valence-corrected chi connectivity index (χ1v) is 8.33. The van der Waals surface area contributed by atoms with Gasteiger partial charge in [0.2, 0.25) is 10.0 Å². The van der Waals surface area contributed by atoms with E-state index in [0.717, 1.165) is 11.1 Å².